The maximum atomic E-state index is 10.6. The highest BCUT2D eigenvalue weighted by Crippen LogP contribution is 2.45. The number of carbonyl (C=O) groups is 1. The molecule has 1 aliphatic carbocycles. The fourth-order valence-electron chi connectivity index (χ4n) is 3.65. The molecule has 0 aromatic heterocycles. The van der Waals surface area contributed by atoms with Crippen molar-refractivity contribution in [1.82, 2.24) is 0 Å². The van der Waals surface area contributed by atoms with Gasteiger partial charge in [-0.15, -0.1) is 0 Å². The van der Waals surface area contributed by atoms with Crippen LogP contribution in [0.3, 0.4) is 0 Å². The second-order valence-electron chi connectivity index (χ2n) is 6.34. The van der Waals surface area contributed by atoms with Crippen LogP contribution in [0.4, 0.5) is 0 Å². The number of carboxylic acid groups (broad SMARTS) is 1. The topological polar surface area (TPSA) is 37.3 Å². The minimum absolute atomic E-state index is 0.368. The van der Waals surface area contributed by atoms with Gasteiger partial charge in [-0.05, 0) is 45.9 Å². The molecule has 4 rings (SSSR count). The first-order valence-electron chi connectivity index (χ1n) is 8.40. The average molecular weight is 326 g/mol. The van der Waals surface area contributed by atoms with Crippen LogP contribution in [0.2, 0.25) is 0 Å². The lowest BCUT2D eigenvalue weighted by Gasteiger charge is -2.14. The molecular weight excluding hydrogens is 308 g/mol. The molecule has 0 spiro atoms. The minimum Gasteiger partial charge on any atom is -0.478 e. The van der Waals surface area contributed by atoms with Crippen molar-refractivity contribution < 1.29 is 9.90 Å². The van der Waals surface area contributed by atoms with Crippen LogP contribution in [0, 0.1) is 0 Å². The van der Waals surface area contributed by atoms with E-state index in [1.54, 1.807) is 6.08 Å². The molecule has 0 atom stereocenters. The van der Waals surface area contributed by atoms with Crippen LogP contribution in [-0.4, -0.2) is 11.1 Å². The van der Waals surface area contributed by atoms with E-state index >= 15 is 0 Å². The van der Waals surface area contributed by atoms with Crippen molar-refractivity contribution >= 4 is 12.0 Å². The molecule has 122 valence electrons. The number of hydrogen-bond donors (Lipinski definition) is 1. The number of fused-ring (bicyclic) bond motifs is 3. The minimum atomic E-state index is -0.928. The molecule has 0 unspecified atom stereocenters. The van der Waals surface area contributed by atoms with E-state index < -0.39 is 5.97 Å². The highest BCUT2D eigenvalue weighted by atomic mass is 16.4. The summed E-state index contributed by atoms with van der Waals surface area (Å²) in [4.78, 5) is 10.6. The predicted molar refractivity (Wildman–Crippen MR) is 101 cm³/mol. The largest absolute Gasteiger partial charge is 0.478 e. The van der Waals surface area contributed by atoms with Crippen molar-refractivity contribution in [3.05, 3.63) is 101 Å². The van der Waals surface area contributed by atoms with Gasteiger partial charge in [0.15, 0.2) is 0 Å². The second kappa shape index (κ2) is 6.40. The van der Waals surface area contributed by atoms with Crippen LogP contribution in [0.5, 0.6) is 0 Å². The normalized spacial score (nSPS) is 13.0. The lowest BCUT2D eigenvalue weighted by atomic mass is 9.90. The summed E-state index contributed by atoms with van der Waals surface area (Å²) >= 11 is 0. The maximum Gasteiger partial charge on any atom is 0.328 e. The summed E-state index contributed by atoms with van der Waals surface area (Å²) in [7, 11) is 0. The van der Waals surface area contributed by atoms with Crippen LogP contribution < -0.4 is 0 Å². The molecule has 0 aliphatic heterocycles. The van der Waals surface area contributed by atoms with E-state index in [1.165, 1.54) is 33.9 Å². The van der Waals surface area contributed by atoms with Crippen molar-refractivity contribution in [1.29, 1.82) is 0 Å². The number of benzene rings is 3. The monoisotopic (exact) mass is 326 g/mol. The van der Waals surface area contributed by atoms with Gasteiger partial charge < -0.3 is 5.11 Å². The zero-order chi connectivity index (χ0) is 17.2. The summed E-state index contributed by atoms with van der Waals surface area (Å²) in [5.74, 6) is -0.559. The molecule has 2 heteroatoms. The van der Waals surface area contributed by atoms with Crippen molar-refractivity contribution in [2.24, 2.45) is 0 Å². The Morgan fingerprint density at radius 3 is 1.96 bits per heavy atom. The lowest BCUT2D eigenvalue weighted by molar-refractivity contribution is -0.131. The zero-order valence-corrected chi connectivity index (χ0v) is 13.7. The number of carboxylic acids is 1. The summed E-state index contributed by atoms with van der Waals surface area (Å²) in [6.45, 7) is 0. The maximum absolute atomic E-state index is 10.6. The van der Waals surface area contributed by atoms with Crippen molar-refractivity contribution in [3.8, 4) is 11.1 Å². The molecule has 3 aromatic rings. The molecule has 0 saturated carbocycles. The van der Waals surface area contributed by atoms with Gasteiger partial charge in [-0.25, -0.2) is 4.79 Å². The molecule has 3 aromatic carbocycles. The Morgan fingerprint density at radius 2 is 1.40 bits per heavy atom. The Balaban J connectivity index is 1.64. The Labute approximate surface area is 147 Å². The van der Waals surface area contributed by atoms with Crippen LogP contribution in [0.25, 0.3) is 17.2 Å². The summed E-state index contributed by atoms with van der Waals surface area (Å²) < 4.78 is 0. The van der Waals surface area contributed by atoms with Gasteiger partial charge in [0, 0.05) is 12.0 Å². The van der Waals surface area contributed by atoms with Gasteiger partial charge in [0.05, 0.1) is 0 Å². The molecule has 0 radical (unpaired) electrons. The fraction of sp³-hybridized carbons (Fsp3) is 0.0870. The van der Waals surface area contributed by atoms with E-state index in [1.807, 2.05) is 12.1 Å². The third-order valence-corrected chi connectivity index (χ3v) is 4.80. The second-order valence-corrected chi connectivity index (χ2v) is 6.34. The van der Waals surface area contributed by atoms with Crippen LogP contribution in [0.15, 0.2) is 78.9 Å². The molecule has 0 amide bonds. The lowest BCUT2D eigenvalue weighted by Crippen LogP contribution is -2.01. The Morgan fingerprint density at radius 1 is 0.840 bits per heavy atom. The summed E-state index contributed by atoms with van der Waals surface area (Å²) in [5, 5.41) is 8.72. The van der Waals surface area contributed by atoms with Gasteiger partial charge in [0.1, 0.15) is 0 Å². The SMILES string of the molecule is O=C(O)C=Cc1ccc(CC2c3ccccc3-c3ccccc32)cc1. The molecule has 0 bridgehead atoms. The molecular formula is C23H18O2. The molecule has 2 nitrogen and oxygen atoms in total. The van der Waals surface area contributed by atoms with Gasteiger partial charge >= 0.3 is 5.97 Å². The number of aliphatic carboxylic acids is 1. The van der Waals surface area contributed by atoms with E-state index in [9.17, 15) is 4.79 Å². The van der Waals surface area contributed by atoms with E-state index in [0.717, 1.165) is 12.0 Å². The van der Waals surface area contributed by atoms with Crippen LogP contribution >= 0.6 is 0 Å². The van der Waals surface area contributed by atoms with Crippen LogP contribution in [-0.2, 0) is 11.2 Å². The van der Waals surface area contributed by atoms with Crippen molar-refractivity contribution in [3.63, 3.8) is 0 Å². The van der Waals surface area contributed by atoms with Crippen molar-refractivity contribution in [2.45, 2.75) is 12.3 Å². The van der Waals surface area contributed by atoms with Gasteiger partial charge in [0.25, 0.3) is 0 Å². The molecule has 0 heterocycles. The number of hydrogen-bond acceptors (Lipinski definition) is 1. The first kappa shape index (κ1) is 15.4. The third kappa shape index (κ3) is 2.99. The highest BCUT2D eigenvalue weighted by molar-refractivity contribution is 5.85. The fourth-order valence-corrected chi connectivity index (χ4v) is 3.65. The van der Waals surface area contributed by atoms with Gasteiger partial charge in [-0.3, -0.25) is 0 Å². The van der Waals surface area contributed by atoms with Gasteiger partial charge in [-0.1, -0.05) is 72.8 Å². The van der Waals surface area contributed by atoms with E-state index in [4.69, 9.17) is 5.11 Å². The molecule has 1 N–H and O–H groups in total. The van der Waals surface area contributed by atoms with E-state index in [0.29, 0.717) is 5.92 Å². The number of rotatable bonds is 4. The smallest absolute Gasteiger partial charge is 0.328 e. The molecule has 25 heavy (non-hydrogen) atoms. The first-order valence-corrected chi connectivity index (χ1v) is 8.40. The summed E-state index contributed by atoms with van der Waals surface area (Å²) in [6, 6.07) is 25.4. The van der Waals surface area contributed by atoms with E-state index in [-0.39, 0.29) is 0 Å². The standard InChI is InChI=1S/C23H18O2/c24-23(25)14-13-16-9-11-17(12-10-16)15-22-20-7-3-1-5-18(20)19-6-2-4-8-21(19)22/h1-14,22H,15H2,(H,24,25). The Bertz CT molecular complexity index is 906. The molecule has 1 aliphatic rings. The summed E-state index contributed by atoms with van der Waals surface area (Å²) in [6.07, 6.45) is 3.72. The molecule has 0 fully saturated rings. The van der Waals surface area contributed by atoms with Gasteiger partial charge in [-0.2, -0.15) is 0 Å². The average Bonchev–Trinajstić information content (AvgIpc) is 2.96. The van der Waals surface area contributed by atoms with Crippen molar-refractivity contribution in [2.75, 3.05) is 0 Å². The Kier molecular flexibility index (Phi) is 3.95. The Hall–Kier alpha value is -3.13. The highest BCUT2D eigenvalue weighted by Gasteiger charge is 2.27. The van der Waals surface area contributed by atoms with Crippen LogP contribution in [0.1, 0.15) is 28.2 Å². The first-order chi connectivity index (χ1) is 12.2. The van der Waals surface area contributed by atoms with E-state index in [2.05, 4.69) is 60.7 Å². The molecule has 0 saturated heterocycles. The quantitative estimate of drug-likeness (QED) is 0.674. The predicted octanol–water partition coefficient (Wildman–Crippen LogP) is 5.14. The zero-order valence-electron chi connectivity index (χ0n) is 13.7. The van der Waals surface area contributed by atoms with Gasteiger partial charge in [0.2, 0.25) is 0 Å². The summed E-state index contributed by atoms with van der Waals surface area (Å²) in [5.41, 5.74) is 7.60. The third-order valence-electron chi connectivity index (χ3n) is 4.80.